The van der Waals surface area contributed by atoms with Gasteiger partial charge in [0.2, 0.25) is 0 Å². The van der Waals surface area contributed by atoms with Gasteiger partial charge in [0, 0.05) is 12.6 Å². The zero-order valence-electron chi connectivity index (χ0n) is 8.91. The minimum atomic E-state index is 0.209. The Kier molecular flexibility index (Phi) is 3.26. The molecule has 82 valence electrons. The van der Waals surface area contributed by atoms with Gasteiger partial charge in [-0.3, -0.25) is 4.68 Å². The van der Waals surface area contributed by atoms with Crippen LogP contribution in [-0.4, -0.2) is 15.8 Å². The van der Waals surface area contributed by atoms with Crippen LogP contribution in [0.1, 0.15) is 31.9 Å². The Morgan fingerprint density at radius 1 is 1.67 bits per heavy atom. The summed E-state index contributed by atoms with van der Waals surface area (Å²) in [6, 6.07) is 0.209. The number of allylic oxidation sites excluding steroid dienone is 1. The number of halogens is 1. The second-order valence-electron chi connectivity index (χ2n) is 3.90. The van der Waals surface area contributed by atoms with Crippen molar-refractivity contribution in [3.63, 3.8) is 0 Å². The number of nitrogens with zero attached hydrogens (tertiary/aromatic N) is 2. The molecule has 1 aliphatic rings. The fraction of sp³-hybridized carbons (Fsp3) is 0.545. The number of aromatic nitrogens is 2. The van der Waals surface area contributed by atoms with E-state index in [2.05, 4.69) is 34.0 Å². The van der Waals surface area contributed by atoms with Crippen molar-refractivity contribution in [3.8, 4) is 0 Å². The first kappa shape index (κ1) is 10.9. The molecule has 1 aromatic rings. The summed E-state index contributed by atoms with van der Waals surface area (Å²) in [5.74, 6) is 0. The Balaban J connectivity index is 2.39. The lowest BCUT2D eigenvalue weighted by atomic mass is 9.94. The predicted octanol–water partition coefficient (Wildman–Crippen LogP) is 2.56. The fourth-order valence-electron chi connectivity index (χ4n) is 2.07. The zero-order valence-corrected chi connectivity index (χ0v) is 10.5. The average Bonchev–Trinajstić information content (AvgIpc) is 2.59. The van der Waals surface area contributed by atoms with Gasteiger partial charge in [0.05, 0.1) is 16.4 Å². The summed E-state index contributed by atoms with van der Waals surface area (Å²) in [5, 5.41) is 4.32. The number of hydrogen-bond donors (Lipinski definition) is 1. The molecule has 3 nitrogen and oxygen atoms in total. The predicted molar refractivity (Wildman–Crippen MR) is 65.4 cm³/mol. The van der Waals surface area contributed by atoms with Crippen molar-refractivity contribution in [2.75, 3.05) is 0 Å². The van der Waals surface area contributed by atoms with Gasteiger partial charge in [-0.15, -0.1) is 0 Å². The molecule has 0 fully saturated rings. The SMILES string of the molecule is CCn1ncc(Br)c1C1=CC(N)CCC1. The lowest BCUT2D eigenvalue weighted by Crippen LogP contribution is -2.20. The quantitative estimate of drug-likeness (QED) is 0.897. The molecular weight excluding hydrogens is 254 g/mol. The summed E-state index contributed by atoms with van der Waals surface area (Å²) >= 11 is 3.55. The third kappa shape index (κ3) is 2.16. The Hall–Kier alpha value is -0.610. The van der Waals surface area contributed by atoms with E-state index >= 15 is 0 Å². The number of hydrogen-bond acceptors (Lipinski definition) is 2. The van der Waals surface area contributed by atoms with Crippen molar-refractivity contribution in [2.45, 2.75) is 38.8 Å². The van der Waals surface area contributed by atoms with E-state index in [1.165, 1.54) is 17.7 Å². The standard InChI is InChI=1S/C11H16BrN3/c1-2-15-11(10(12)7-14-15)8-4-3-5-9(13)6-8/h6-7,9H,2-5,13H2,1H3. The molecule has 2 rings (SSSR count). The van der Waals surface area contributed by atoms with E-state index in [4.69, 9.17) is 5.73 Å². The molecular formula is C11H16BrN3. The van der Waals surface area contributed by atoms with E-state index in [0.717, 1.165) is 23.9 Å². The monoisotopic (exact) mass is 269 g/mol. The summed E-state index contributed by atoms with van der Waals surface area (Å²) in [5.41, 5.74) is 8.49. The van der Waals surface area contributed by atoms with Crippen molar-refractivity contribution in [1.29, 1.82) is 0 Å². The van der Waals surface area contributed by atoms with Crippen molar-refractivity contribution >= 4 is 21.5 Å². The maximum Gasteiger partial charge on any atom is 0.0781 e. The molecule has 1 heterocycles. The van der Waals surface area contributed by atoms with Gasteiger partial charge in [-0.1, -0.05) is 6.08 Å². The first-order valence-corrected chi connectivity index (χ1v) is 6.19. The van der Waals surface area contributed by atoms with Crippen LogP contribution in [-0.2, 0) is 6.54 Å². The minimum Gasteiger partial charge on any atom is -0.324 e. The van der Waals surface area contributed by atoms with E-state index in [1.54, 1.807) is 0 Å². The molecule has 0 saturated carbocycles. The van der Waals surface area contributed by atoms with Crippen molar-refractivity contribution < 1.29 is 0 Å². The van der Waals surface area contributed by atoms with Gasteiger partial charge in [0.1, 0.15) is 0 Å². The number of aryl methyl sites for hydroxylation is 1. The smallest absolute Gasteiger partial charge is 0.0781 e. The Morgan fingerprint density at radius 2 is 2.47 bits per heavy atom. The third-order valence-corrected chi connectivity index (χ3v) is 3.38. The van der Waals surface area contributed by atoms with E-state index < -0.39 is 0 Å². The van der Waals surface area contributed by atoms with Gasteiger partial charge in [0.25, 0.3) is 0 Å². The molecule has 0 aromatic carbocycles. The third-order valence-electron chi connectivity index (χ3n) is 2.80. The largest absolute Gasteiger partial charge is 0.324 e. The second kappa shape index (κ2) is 4.49. The second-order valence-corrected chi connectivity index (χ2v) is 4.76. The van der Waals surface area contributed by atoms with Crippen molar-refractivity contribution in [2.24, 2.45) is 5.73 Å². The molecule has 1 unspecified atom stereocenters. The molecule has 0 radical (unpaired) electrons. The maximum absolute atomic E-state index is 5.95. The fourth-order valence-corrected chi connectivity index (χ4v) is 2.62. The van der Waals surface area contributed by atoms with Crippen molar-refractivity contribution in [3.05, 3.63) is 22.4 Å². The van der Waals surface area contributed by atoms with E-state index in [9.17, 15) is 0 Å². The highest BCUT2D eigenvalue weighted by molar-refractivity contribution is 9.10. The summed E-state index contributed by atoms with van der Waals surface area (Å²) in [6.07, 6.45) is 7.42. The number of rotatable bonds is 2. The first-order chi connectivity index (χ1) is 7.22. The minimum absolute atomic E-state index is 0.209. The highest BCUT2D eigenvalue weighted by atomic mass is 79.9. The lowest BCUT2D eigenvalue weighted by molar-refractivity contribution is 0.625. The molecule has 15 heavy (non-hydrogen) atoms. The summed E-state index contributed by atoms with van der Waals surface area (Å²) in [6.45, 7) is 3.00. The van der Waals surface area contributed by atoms with E-state index in [1.807, 2.05) is 10.9 Å². The van der Waals surface area contributed by atoms with Gasteiger partial charge in [-0.05, 0) is 47.7 Å². The number of nitrogens with two attached hydrogens (primary N) is 1. The Morgan fingerprint density at radius 3 is 3.13 bits per heavy atom. The normalized spacial score (nSPS) is 21.5. The van der Waals surface area contributed by atoms with Crippen LogP contribution in [0.25, 0.3) is 5.57 Å². The van der Waals surface area contributed by atoms with Crippen LogP contribution in [0.4, 0.5) is 0 Å². The van der Waals surface area contributed by atoms with Gasteiger partial charge in [0.15, 0.2) is 0 Å². The molecule has 2 N–H and O–H groups in total. The summed E-state index contributed by atoms with van der Waals surface area (Å²) < 4.78 is 3.10. The van der Waals surface area contributed by atoms with E-state index in [-0.39, 0.29) is 6.04 Å². The van der Waals surface area contributed by atoms with Crippen LogP contribution < -0.4 is 5.73 Å². The van der Waals surface area contributed by atoms with Crippen LogP contribution in [0.2, 0.25) is 0 Å². The van der Waals surface area contributed by atoms with Crippen LogP contribution >= 0.6 is 15.9 Å². The maximum atomic E-state index is 5.95. The molecule has 0 amide bonds. The zero-order chi connectivity index (χ0) is 10.8. The average molecular weight is 270 g/mol. The van der Waals surface area contributed by atoms with Crippen LogP contribution in [0, 0.1) is 0 Å². The van der Waals surface area contributed by atoms with E-state index in [0.29, 0.717) is 0 Å². The van der Waals surface area contributed by atoms with Gasteiger partial charge < -0.3 is 5.73 Å². The summed E-state index contributed by atoms with van der Waals surface area (Å²) in [4.78, 5) is 0. The molecule has 0 saturated heterocycles. The highest BCUT2D eigenvalue weighted by Gasteiger charge is 2.17. The molecule has 0 bridgehead atoms. The van der Waals surface area contributed by atoms with Gasteiger partial charge in [-0.2, -0.15) is 5.10 Å². The first-order valence-electron chi connectivity index (χ1n) is 5.40. The van der Waals surface area contributed by atoms with Crippen molar-refractivity contribution in [1.82, 2.24) is 9.78 Å². The summed E-state index contributed by atoms with van der Waals surface area (Å²) in [7, 11) is 0. The van der Waals surface area contributed by atoms with Crippen LogP contribution in [0.15, 0.2) is 16.7 Å². The molecule has 0 spiro atoms. The van der Waals surface area contributed by atoms with Gasteiger partial charge >= 0.3 is 0 Å². The van der Waals surface area contributed by atoms with Crippen LogP contribution in [0.5, 0.6) is 0 Å². The molecule has 1 atom stereocenters. The molecule has 1 aliphatic carbocycles. The Labute approximate surface area is 98.5 Å². The Bertz CT molecular complexity index is 381. The van der Waals surface area contributed by atoms with Gasteiger partial charge in [-0.25, -0.2) is 0 Å². The molecule has 1 aromatic heterocycles. The molecule has 4 heteroatoms. The molecule has 0 aliphatic heterocycles. The lowest BCUT2D eigenvalue weighted by Gasteiger charge is -2.18. The highest BCUT2D eigenvalue weighted by Crippen LogP contribution is 2.31. The topological polar surface area (TPSA) is 43.8 Å². The van der Waals surface area contributed by atoms with Crippen LogP contribution in [0.3, 0.4) is 0 Å².